The van der Waals surface area contributed by atoms with Gasteiger partial charge in [0.05, 0.1) is 22.5 Å². The van der Waals surface area contributed by atoms with Crippen molar-refractivity contribution in [2.24, 2.45) is 0 Å². The van der Waals surface area contributed by atoms with Gasteiger partial charge in [0, 0.05) is 47.7 Å². The number of fused-ring (bicyclic) bond motifs is 1. The van der Waals surface area contributed by atoms with E-state index in [1.54, 1.807) is 11.3 Å². The molecule has 6 rings (SSSR count). The first kappa shape index (κ1) is 27.0. The minimum Gasteiger partial charge on any atom is -0.479 e. The number of aryl methyl sites for hydroxylation is 2. The molecule has 210 valence electrons. The number of rotatable bonds is 5. The van der Waals surface area contributed by atoms with Crippen LogP contribution < -0.4 is 4.90 Å². The molecule has 0 fully saturated rings. The Morgan fingerprint density at radius 3 is 2.50 bits per heavy atom. The third kappa shape index (κ3) is 4.52. The number of aromatic nitrogens is 2. The molecule has 0 spiro atoms. The minimum atomic E-state index is -1.12. The summed E-state index contributed by atoms with van der Waals surface area (Å²) in [5.41, 5.74) is 8.64. The lowest BCUT2D eigenvalue weighted by molar-refractivity contribution is -0.160. The molecule has 0 bridgehead atoms. The molecule has 0 aliphatic carbocycles. The number of anilines is 2. The van der Waals surface area contributed by atoms with E-state index < -0.39 is 17.7 Å². The predicted octanol–water partition coefficient (Wildman–Crippen LogP) is 6.77. The number of ether oxygens (including phenoxy) is 1. The number of hydrogen-bond acceptors (Lipinski definition) is 6. The second-order valence-electron chi connectivity index (χ2n) is 12.3. The van der Waals surface area contributed by atoms with Gasteiger partial charge in [0.1, 0.15) is 0 Å². The van der Waals surface area contributed by atoms with Gasteiger partial charge in [0.2, 0.25) is 0 Å². The van der Waals surface area contributed by atoms with Crippen molar-refractivity contribution in [2.75, 3.05) is 25.0 Å². The second kappa shape index (κ2) is 9.72. The van der Waals surface area contributed by atoms with Gasteiger partial charge in [-0.05, 0) is 77.8 Å². The Morgan fingerprint density at radius 2 is 1.82 bits per heavy atom. The van der Waals surface area contributed by atoms with Crippen LogP contribution in [0.1, 0.15) is 59.8 Å². The quantitative estimate of drug-likeness (QED) is 0.292. The van der Waals surface area contributed by atoms with E-state index in [9.17, 15) is 9.90 Å². The number of thiazole rings is 1. The summed E-state index contributed by atoms with van der Waals surface area (Å²) in [4.78, 5) is 24.1. The first-order valence-corrected chi connectivity index (χ1v) is 14.8. The summed E-state index contributed by atoms with van der Waals surface area (Å²) >= 11 is 1.78. The Morgan fingerprint density at radius 1 is 1.10 bits per heavy atom. The van der Waals surface area contributed by atoms with Gasteiger partial charge in [-0.25, -0.2) is 9.78 Å². The Balaban J connectivity index is 1.66. The highest BCUT2D eigenvalue weighted by Gasteiger charge is 2.37. The van der Waals surface area contributed by atoms with Gasteiger partial charge in [-0.1, -0.05) is 29.8 Å². The summed E-state index contributed by atoms with van der Waals surface area (Å²) in [7, 11) is 2.14. The van der Waals surface area contributed by atoms with Gasteiger partial charge in [-0.2, -0.15) is 0 Å². The van der Waals surface area contributed by atoms with E-state index >= 15 is 0 Å². The summed E-state index contributed by atoms with van der Waals surface area (Å²) in [6.07, 6.45) is -0.109. The zero-order chi connectivity index (χ0) is 28.5. The van der Waals surface area contributed by atoms with Crippen molar-refractivity contribution in [3.8, 4) is 11.1 Å². The van der Waals surface area contributed by atoms with E-state index in [0.717, 1.165) is 87.8 Å². The average molecular weight is 559 g/mol. The number of nitrogens with zero attached hydrogens (tertiary/aromatic N) is 4. The average Bonchev–Trinajstić information content (AvgIpc) is 3.45. The lowest BCUT2D eigenvalue weighted by atomic mass is 9.87. The van der Waals surface area contributed by atoms with Crippen molar-refractivity contribution in [1.82, 2.24) is 14.5 Å². The Bertz CT molecular complexity index is 1630. The highest BCUT2D eigenvalue weighted by molar-refractivity contribution is 7.15. The van der Waals surface area contributed by atoms with Gasteiger partial charge in [0.15, 0.2) is 11.2 Å². The molecule has 2 aliphatic rings. The summed E-state index contributed by atoms with van der Waals surface area (Å²) in [5.74, 6) is -0.982. The van der Waals surface area contributed by atoms with Crippen LogP contribution in [0.2, 0.25) is 0 Å². The van der Waals surface area contributed by atoms with Gasteiger partial charge in [0.25, 0.3) is 0 Å². The molecular weight excluding hydrogens is 520 g/mol. The van der Waals surface area contributed by atoms with Gasteiger partial charge in [-0.15, -0.1) is 11.3 Å². The van der Waals surface area contributed by atoms with E-state index in [1.807, 2.05) is 20.8 Å². The normalized spacial score (nSPS) is 16.4. The van der Waals surface area contributed by atoms with Crippen molar-refractivity contribution < 1.29 is 14.6 Å². The van der Waals surface area contributed by atoms with Crippen LogP contribution in [0.4, 0.5) is 10.8 Å². The van der Waals surface area contributed by atoms with E-state index in [0.29, 0.717) is 0 Å². The fourth-order valence-corrected chi connectivity index (χ4v) is 7.35. The molecule has 4 aromatic rings. The Hall–Kier alpha value is -3.20. The van der Waals surface area contributed by atoms with Crippen LogP contribution in [0.3, 0.4) is 0 Å². The zero-order valence-corrected chi connectivity index (χ0v) is 25.3. The van der Waals surface area contributed by atoms with Crippen molar-refractivity contribution >= 4 is 39.0 Å². The molecule has 0 saturated heterocycles. The van der Waals surface area contributed by atoms with Crippen LogP contribution in [-0.2, 0) is 29.0 Å². The minimum absolute atomic E-state index is 0.645. The maximum absolute atomic E-state index is 12.9. The molecule has 4 heterocycles. The van der Waals surface area contributed by atoms with Crippen molar-refractivity contribution in [3.05, 3.63) is 63.3 Å². The van der Waals surface area contributed by atoms with E-state index in [4.69, 9.17) is 9.72 Å². The lowest BCUT2D eigenvalue weighted by Gasteiger charge is -2.34. The fraction of sp³-hybridized carbons (Fsp3) is 0.438. The summed E-state index contributed by atoms with van der Waals surface area (Å²) in [5, 5.41) is 12.7. The van der Waals surface area contributed by atoms with Crippen molar-refractivity contribution in [1.29, 1.82) is 0 Å². The first-order valence-electron chi connectivity index (χ1n) is 14.0. The topological polar surface area (TPSA) is 70.8 Å². The van der Waals surface area contributed by atoms with Crippen LogP contribution in [-0.4, -0.2) is 51.3 Å². The van der Waals surface area contributed by atoms with Crippen LogP contribution in [0.5, 0.6) is 0 Å². The van der Waals surface area contributed by atoms with Gasteiger partial charge in [-0.3, -0.25) is 0 Å². The van der Waals surface area contributed by atoms with E-state index in [2.05, 4.69) is 72.5 Å². The Kier molecular flexibility index (Phi) is 6.56. The van der Waals surface area contributed by atoms with Crippen LogP contribution >= 0.6 is 11.3 Å². The number of carbonyl (C=O) groups is 1. The van der Waals surface area contributed by atoms with Gasteiger partial charge < -0.3 is 24.2 Å². The number of carboxylic acids is 1. The zero-order valence-electron chi connectivity index (χ0n) is 24.5. The first-order chi connectivity index (χ1) is 18.9. The molecule has 2 aliphatic heterocycles. The molecule has 0 saturated carbocycles. The van der Waals surface area contributed by atoms with Crippen LogP contribution in [0.15, 0.2) is 30.3 Å². The highest BCUT2D eigenvalue weighted by atomic mass is 32.1. The van der Waals surface area contributed by atoms with Crippen LogP contribution in [0, 0.1) is 20.8 Å². The Labute approximate surface area is 240 Å². The molecule has 8 heteroatoms. The third-order valence-corrected chi connectivity index (χ3v) is 9.26. The fourth-order valence-electron chi connectivity index (χ4n) is 6.26. The predicted molar refractivity (Wildman–Crippen MR) is 162 cm³/mol. The van der Waals surface area contributed by atoms with E-state index in [-0.39, 0.29) is 0 Å². The molecule has 2 aromatic carbocycles. The lowest BCUT2D eigenvalue weighted by Crippen LogP contribution is -2.31. The molecule has 0 unspecified atom stereocenters. The molecule has 2 aromatic heterocycles. The maximum Gasteiger partial charge on any atom is 0.337 e. The highest BCUT2D eigenvalue weighted by Crippen LogP contribution is 2.50. The number of likely N-dealkylation sites (N-methyl/N-ethyl adjacent to an activating group) is 1. The molecule has 40 heavy (non-hydrogen) atoms. The second-order valence-corrected chi connectivity index (χ2v) is 13.3. The largest absolute Gasteiger partial charge is 0.479 e. The SMILES string of the molecule is Cc1ccc(-c2c([C@H](OC(C)(C)C)C(=O)O)c(C)c3c4c2cc(C)n4CCN3c2nc3c(s2)CCN(C)C3)cc1. The monoisotopic (exact) mass is 558 g/mol. The summed E-state index contributed by atoms with van der Waals surface area (Å²) in [6, 6.07) is 10.6. The van der Waals surface area contributed by atoms with Crippen molar-refractivity contribution in [2.45, 2.75) is 72.8 Å². The molecule has 1 atom stereocenters. The summed E-state index contributed by atoms with van der Waals surface area (Å²) < 4.78 is 8.72. The number of carboxylic acid groups (broad SMARTS) is 1. The van der Waals surface area contributed by atoms with Crippen molar-refractivity contribution in [3.63, 3.8) is 0 Å². The maximum atomic E-state index is 12.9. The summed E-state index contributed by atoms with van der Waals surface area (Å²) in [6.45, 7) is 15.5. The van der Waals surface area contributed by atoms with E-state index in [1.165, 1.54) is 10.6 Å². The molecule has 0 amide bonds. The third-order valence-electron chi connectivity index (χ3n) is 8.08. The van der Waals surface area contributed by atoms with Gasteiger partial charge >= 0.3 is 5.97 Å². The molecular formula is C32H38N4O3S. The number of aliphatic carboxylic acids is 1. The van der Waals surface area contributed by atoms with Crippen LogP contribution in [0.25, 0.3) is 22.0 Å². The number of hydrogen-bond donors (Lipinski definition) is 1. The molecule has 7 nitrogen and oxygen atoms in total. The standard InChI is InChI=1S/C32H38N4O3S/c1-18-8-10-21(11-9-18)26-22-16-19(2)35-14-15-36(31-33-23-17-34(7)13-12-24(23)40-31)27(28(22)35)20(3)25(26)29(30(37)38)39-32(4,5)6/h8-11,16,29H,12-15,17H2,1-7H3,(H,37,38)/t29-/m0/s1. The molecule has 0 radical (unpaired) electrons. The number of benzene rings is 2. The molecule has 1 N–H and O–H groups in total. The smallest absolute Gasteiger partial charge is 0.337 e.